The van der Waals surface area contributed by atoms with Crippen LogP contribution >= 0.6 is 0 Å². The number of hydrogen-bond donors (Lipinski definition) is 1. The third-order valence-electron chi connectivity index (χ3n) is 4.54. The lowest BCUT2D eigenvalue weighted by atomic mass is 10.1. The van der Waals surface area contributed by atoms with Crippen molar-refractivity contribution in [1.82, 2.24) is 14.7 Å². The fourth-order valence-corrected chi connectivity index (χ4v) is 3.07. The lowest BCUT2D eigenvalue weighted by Gasteiger charge is -2.14. The second-order valence-electron chi connectivity index (χ2n) is 6.72. The van der Waals surface area contributed by atoms with E-state index >= 15 is 0 Å². The van der Waals surface area contributed by atoms with Crippen molar-refractivity contribution in [3.8, 4) is 23.0 Å². The standard InChI is InChI=1S/C22H15F3N4O3/c23-22(24,25)15-9-4-5-10-16(15)26-18(30)13-29-17(11-6-12-19(29)31)21-27-20(28-32-21)14-7-2-1-3-8-14/h1-12H,13H2,(H,26,30). The highest BCUT2D eigenvalue weighted by Crippen LogP contribution is 2.34. The number of anilines is 1. The van der Waals surface area contributed by atoms with Gasteiger partial charge in [0.05, 0.1) is 11.3 Å². The minimum absolute atomic E-state index is 0.00922. The molecule has 2 aromatic carbocycles. The van der Waals surface area contributed by atoms with Crippen LogP contribution in [0.25, 0.3) is 23.0 Å². The number of rotatable bonds is 5. The highest BCUT2D eigenvalue weighted by atomic mass is 19.4. The molecule has 7 nitrogen and oxygen atoms in total. The maximum absolute atomic E-state index is 13.2. The van der Waals surface area contributed by atoms with E-state index in [0.717, 1.165) is 16.7 Å². The summed E-state index contributed by atoms with van der Waals surface area (Å²) in [5, 5.41) is 6.11. The summed E-state index contributed by atoms with van der Waals surface area (Å²) in [4.78, 5) is 29.2. The number of carbonyl (C=O) groups excluding carboxylic acids is 1. The minimum atomic E-state index is -4.64. The monoisotopic (exact) mass is 440 g/mol. The predicted octanol–water partition coefficient (Wildman–Crippen LogP) is 4.22. The van der Waals surface area contributed by atoms with E-state index in [1.54, 1.807) is 24.3 Å². The Morgan fingerprint density at radius 3 is 2.44 bits per heavy atom. The number of alkyl halides is 3. The average molecular weight is 440 g/mol. The van der Waals surface area contributed by atoms with Gasteiger partial charge < -0.3 is 9.84 Å². The Hall–Kier alpha value is -4.21. The largest absolute Gasteiger partial charge is 0.418 e. The van der Waals surface area contributed by atoms with E-state index < -0.39 is 35.4 Å². The number of carbonyl (C=O) groups is 1. The number of para-hydroxylation sites is 1. The molecule has 4 rings (SSSR count). The van der Waals surface area contributed by atoms with Gasteiger partial charge in [-0.3, -0.25) is 14.2 Å². The summed E-state index contributed by atoms with van der Waals surface area (Å²) < 4.78 is 45.9. The van der Waals surface area contributed by atoms with E-state index in [1.807, 2.05) is 6.07 Å². The smallest absolute Gasteiger partial charge is 0.332 e. The molecule has 0 unspecified atom stereocenters. The summed E-state index contributed by atoms with van der Waals surface area (Å²) in [6.07, 6.45) is -4.64. The Kier molecular flexibility index (Phi) is 5.59. The van der Waals surface area contributed by atoms with Crippen LogP contribution in [0.5, 0.6) is 0 Å². The van der Waals surface area contributed by atoms with E-state index in [0.29, 0.717) is 5.56 Å². The first-order valence-electron chi connectivity index (χ1n) is 9.38. The fraction of sp³-hybridized carbons (Fsp3) is 0.0909. The third-order valence-corrected chi connectivity index (χ3v) is 4.54. The van der Waals surface area contributed by atoms with Gasteiger partial charge in [0.25, 0.3) is 11.4 Å². The number of benzene rings is 2. The number of nitrogens with zero attached hydrogens (tertiary/aromatic N) is 3. The molecule has 2 aromatic heterocycles. The average Bonchev–Trinajstić information content (AvgIpc) is 3.25. The van der Waals surface area contributed by atoms with Gasteiger partial charge in [0.15, 0.2) is 0 Å². The molecule has 0 aliphatic carbocycles. The molecule has 0 aliphatic heterocycles. The van der Waals surface area contributed by atoms with Crippen LogP contribution in [0.3, 0.4) is 0 Å². The van der Waals surface area contributed by atoms with Crippen molar-refractivity contribution in [2.45, 2.75) is 12.7 Å². The number of nitrogens with one attached hydrogen (secondary N) is 1. The van der Waals surface area contributed by atoms with E-state index in [9.17, 15) is 22.8 Å². The molecule has 0 saturated heterocycles. The van der Waals surface area contributed by atoms with Crippen LogP contribution in [0.2, 0.25) is 0 Å². The highest BCUT2D eigenvalue weighted by Gasteiger charge is 2.33. The maximum atomic E-state index is 13.2. The van der Waals surface area contributed by atoms with Crippen LogP contribution in [0.4, 0.5) is 18.9 Å². The molecule has 0 fully saturated rings. The summed E-state index contributed by atoms with van der Waals surface area (Å²) >= 11 is 0. The Labute approximate surface area is 179 Å². The van der Waals surface area contributed by atoms with Gasteiger partial charge >= 0.3 is 6.18 Å². The summed E-state index contributed by atoms with van der Waals surface area (Å²) in [5.41, 5.74) is -1.10. The van der Waals surface area contributed by atoms with Crippen LogP contribution in [-0.4, -0.2) is 20.6 Å². The van der Waals surface area contributed by atoms with Crippen LogP contribution in [0.1, 0.15) is 5.56 Å². The van der Waals surface area contributed by atoms with E-state index in [1.165, 1.54) is 30.3 Å². The maximum Gasteiger partial charge on any atom is 0.418 e. The normalized spacial score (nSPS) is 11.3. The molecule has 0 aliphatic rings. The number of hydrogen-bond acceptors (Lipinski definition) is 5. The number of halogens is 3. The summed E-state index contributed by atoms with van der Waals surface area (Å²) in [6, 6.07) is 17.7. The van der Waals surface area contributed by atoms with Gasteiger partial charge in [0.1, 0.15) is 12.2 Å². The molecular weight excluding hydrogens is 425 g/mol. The van der Waals surface area contributed by atoms with Gasteiger partial charge in [-0.05, 0) is 18.2 Å². The number of aromatic nitrogens is 3. The molecule has 0 saturated carbocycles. The molecular formula is C22H15F3N4O3. The Morgan fingerprint density at radius 1 is 0.969 bits per heavy atom. The zero-order valence-corrected chi connectivity index (χ0v) is 16.3. The van der Waals surface area contributed by atoms with Gasteiger partial charge in [0, 0.05) is 11.6 Å². The van der Waals surface area contributed by atoms with Crippen molar-refractivity contribution in [2.75, 3.05) is 5.32 Å². The van der Waals surface area contributed by atoms with Gasteiger partial charge in [-0.2, -0.15) is 18.2 Å². The van der Waals surface area contributed by atoms with Crippen molar-refractivity contribution in [3.63, 3.8) is 0 Å². The lowest BCUT2D eigenvalue weighted by molar-refractivity contribution is -0.137. The van der Waals surface area contributed by atoms with Crippen LogP contribution < -0.4 is 10.9 Å². The summed E-state index contributed by atoms with van der Waals surface area (Å²) in [7, 11) is 0. The van der Waals surface area contributed by atoms with Crippen LogP contribution in [-0.2, 0) is 17.5 Å². The SMILES string of the molecule is O=C(Cn1c(-c2nc(-c3ccccc3)no2)cccc1=O)Nc1ccccc1C(F)(F)F. The van der Waals surface area contributed by atoms with Crippen LogP contribution in [0.15, 0.2) is 82.1 Å². The summed E-state index contributed by atoms with van der Waals surface area (Å²) in [5.74, 6) is -0.545. The third kappa shape index (κ3) is 4.43. The zero-order chi connectivity index (χ0) is 22.7. The van der Waals surface area contributed by atoms with Crippen molar-refractivity contribution in [3.05, 3.63) is 88.7 Å². The van der Waals surface area contributed by atoms with Crippen molar-refractivity contribution >= 4 is 11.6 Å². The number of amides is 1. The van der Waals surface area contributed by atoms with E-state index in [2.05, 4.69) is 15.5 Å². The topological polar surface area (TPSA) is 90.0 Å². The first kappa shape index (κ1) is 21.0. The van der Waals surface area contributed by atoms with Gasteiger partial charge in [-0.1, -0.05) is 53.7 Å². The first-order valence-corrected chi connectivity index (χ1v) is 9.38. The van der Waals surface area contributed by atoms with Crippen LogP contribution in [0, 0.1) is 0 Å². The van der Waals surface area contributed by atoms with E-state index in [-0.39, 0.29) is 17.4 Å². The van der Waals surface area contributed by atoms with Crippen molar-refractivity contribution < 1.29 is 22.5 Å². The predicted molar refractivity (Wildman–Crippen MR) is 110 cm³/mol. The quantitative estimate of drug-likeness (QED) is 0.502. The molecule has 32 heavy (non-hydrogen) atoms. The lowest BCUT2D eigenvalue weighted by Crippen LogP contribution is -2.28. The molecule has 1 N–H and O–H groups in total. The molecule has 10 heteroatoms. The molecule has 162 valence electrons. The Morgan fingerprint density at radius 2 is 1.69 bits per heavy atom. The second kappa shape index (κ2) is 8.50. The van der Waals surface area contributed by atoms with Gasteiger partial charge in [-0.25, -0.2) is 0 Å². The zero-order valence-electron chi connectivity index (χ0n) is 16.3. The van der Waals surface area contributed by atoms with Crippen molar-refractivity contribution in [2.24, 2.45) is 0 Å². The Balaban J connectivity index is 1.62. The molecule has 4 aromatic rings. The number of pyridine rings is 1. The second-order valence-corrected chi connectivity index (χ2v) is 6.72. The molecule has 0 spiro atoms. The van der Waals surface area contributed by atoms with Gasteiger partial charge in [0.2, 0.25) is 11.7 Å². The molecule has 1 amide bonds. The Bertz CT molecular complexity index is 1310. The molecule has 0 atom stereocenters. The first-order chi connectivity index (χ1) is 15.3. The highest BCUT2D eigenvalue weighted by molar-refractivity contribution is 5.91. The summed E-state index contributed by atoms with van der Waals surface area (Å²) in [6.45, 7) is -0.551. The molecule has 2 heterocycles. The van der Waals surface area contributed by atoms with Gasteiger partial charge in [-0.15, -0.1) is 0 Å². The van der Waals surface area contributed by atoms with E-state index in [4.69, 9.17) is 4.52 Å². The molecule has 0 radical (unpaired) electrons. The fourth-order valence-electron chi connectivity index (χ4n) is 3.07. The van der Waals surface area contributed by atoms with Crippen molar-refractivity contribution in [1.29, 1.82) is 0 Å². The minimum Gasteiger partial charge on any atom is -0.332 e. The molecule has 0 bridgehead atoms.